The highest BCUT2D eigenvalue weighted by molar-refractivity contribution is 5.88. The summed E-state index contributed by atoms with van der Waals surface area (Å²) in [6.07, 6.45) is 1.07. The van der Waals surface area contributed by atoms with Crippen LogP contribution in [0.3, 0.4) is 0 Å². The molecule has 0 aliphatic heterocycles. The summed E-state index contributed by atoms with van der Waals surface area (Å²) in [7, 11) is 0. The molecule has 1 heterocycles. The molecule has 0 spiro atoms. The molecule has 0 radical (unpaired) electrons. The molecule has 0 bridgehead atoms. The molecule has 4 N–H and O–H groups in total. The molecule has 0 saturated heterocycles. The normalized spacial score (nSPS) is 10.7. The zero-order valence-corrected chi connectivity index (χ0v) is 18.2. The van der Waals surface area contributed by atoms with Crippen molar-refractivity contribution in [1.82, 2.24) is 4.98 Å². The average molecular weight is 437 g/mol. The molecule has 1 amide bonds. The number of rotatable bonds is 10. The number of aryl methyl sites for hydroxylation is 2. The van der Waals surface area contributed by atoms with Gasteiger partial charge in [-0.25, -0.2) is 4.98 Å². The van der Waals surface area contributed by atoms with Crippen molar-refractivity contribution < 1.29 is 23.8 Å². The van der Waals surface area contributed by atoms with Crippen LogP contribution in [0.1, 0.15) is 35.9 Å². The molecule has 0 unspecified atom stereocenters. The minimum Gasteiger partial charge on any atom is -0.493 e. The fourth-order valence-electron chi connectivity index (χ4n) is 3.32. The smallest absolute Gasteiger partial charge is 0.303 e. The van der Waals surface area contributed by atoms with Gasteiger partial charge in [0.2, 0.25) is 11.8 Å². The molecule has 0 atom stereocenters. The van der Waals surface area contributed by atoms with Crippen molar-refractivity contribution in [2.75, 3.05) is 11.9 Å². The van der Waals surface area contributed by atoms with Crippen LogP contribution in [0.25, 0.3) is 11.5 Å². The number of carboxylic acid groups (broad SMARTS) is 1. The number of ether oxygens (including phenoxy) is 1. The Kier molecular flexibility index (Phi) is 7.62. The van der Waals surface area contributed by atoms with E-state index in [9.17, 15) is 9.59 Å². The quantitative estimate of drug-likeness (QED) is 0.441. The Hall–Kier alpha value is -3.65. The highest BCUT2D eigenvalue weighted by atomic mass is 16.5. The number of carbonyl (C=O) groups is 2. The van der Waals surface area contributed by atoms with Crippen LogP contribution < -0.4 is 15.8 Å². The van der Waals surface area contributed by atoms with E-state index in [1.54, 1.807) is 12.1 Å². The van der Waals surface area contributed by atoms with Gasteiger partial charge in [-0.15, -0.1) is 0 Å². The third-order valence-electron chi connectivity index (χ3n) is 4.96. The van der Waals surface area contributed by atoms with Crippen molar-refractivity contribution in [3.63, 3.8) is 0 Å². The maximum atomic E-state index is 11.1. The fraction of sp³-hybridized carbons (Fsp3) is 0.292. The third kappa shape index (κ3) is 6.18. The van der Waals surface area contributed by atoms with E-state index in [1.165, 1.54) is 6.92 Å². The number of carboxylic acids is 1. The number of carbonyl (C=O) groups excluding carboxylic acids is 1. The molecule has 2 aromatic carbocycles. The van der Waals surface area contributed by atoms with Crippen LogP contribution in [0.5, 0.6) is 5.75 Å². The largest absolute Gasteiger partial charge is 0.493 e. The van der Waals surface area contributed by atoms with Gasteiger partial charge in [0.1, 0.15) is 11.5 Å². The van der Waals surface area contributed by atoms with Crippen LogP contribution >= 0.6 is 0 Å². The van der Waals surface area contributed by atoms with E-state index in [4.69, 9.17) is 20.0 Å². The second-order valence-corrected chi connectivity index (χ2v) is 7.41. The molecule has 0 aliphatic rings. The summed E-state index contributed by atoms with van der Waals surface area (Å²) >= 11 is 0. The SMILES string of the molecule is CC(=O)Nc1ccc(-c2nc(CCOc3ccc(CCC(=O)O)c(CN)c3)c(C)o2)cc1. The maximum absolute atomic E-state index is 11.1. The molecule has 168 valence electrons. The second kappa shape index (κ2) is 10.6. The zero-order chi connectivity index (χ0) is 23.1. The molecule has 0 aliphatic carbocycles. The van der Waals surface area contributed by atoms with E-state index < -0.39 is 5.97 Å². The fourth-order valence-corrected chi connectivity index (χ4v) is 3.32. The molecule has 3 aromatic rings. The molecule has 8 nitrogen and oxygen atoms in total. The van der Waals surface area contributed by atoms with Crippen LogP contribution in [0.4, 0.5) is 5.69 Å². The van der Waals surface area contributed by atoms with Crippen LogP contribution in [0.2, 0.25) is 0 Å². The molecule has 32 heavy (non-hydrogen) atoms. The maximum Gasteiger partial charge on any atom is 0.303 e. The van der Waals surface area contributed by atoms with Gasteiger partial charge in [-0.05, 0) is 60.9 Å². The number of nitrogens with one attached hydrogen (secondary N) is 1. The van der Waals surface area contributed by atoms with Gasteiger partial charge in [0, 0.05) is 37.6 Å². The number of hydrogen-bond donors (Lipinski definition) is 3. The Morgan fingerprint density at radius 3 is 2.53 bits per heavy atom. The first-order valence-corrected chi connectivity index (χ1v) is 10.4. The molecular weight excluding hydrogens is 410 g/mol. The van der Waals surface area contributed by atoms with Crippen molar-refractivity contribution in [3.05, 3.63) is 65.0 Å². The highest BCUT2D eigenvalue weighted by Crippen LogP contribution is 2.24. The number of nitrogens with two attached hydrogens (primary N) is 1. The summed E-state index contributed by atoms with van der Waals surface area (Å²) in [6, 6.07) is 12.8. The van der Waals surface area contributed by atoms with E-state index in [-0.39, 0.29) is 12.3 Å². The predicted molar refractivity (Wildman–Crippen MR) is 120 cm³/mol. The second-order valence-electron chi connectivity index (χ2n) is 7.41. The highest BCUT2D eigenvalue weighted by Gasteiger charge is 2.12. The minimum absolute atomic E-state index is 0.0664. The number of aromatic nitrogens is 1. The van der Waals surface area contributed by atoms with Crippen molar-refractivity contribution >= 4 is 17.6 Å². The van der Waals surface area contributed by atoms with Crippen LogP contribution in [0, 0.1) is 6.92 Å². The van der Waals surface area contributed by atoms with Gasteiger partial charge in [0.05, 0.1) is 12.3 Å². The summed E-state index contributed by atoms with van der Waals surface area (Å²) in [5, 5.41) is 11.6. The average Bonchev–Trinajstić information content (AvgIpc) is 3.13. The van der Waals surface area contributed by atoms with E-state index >= 15 is 0 Å². The molecular formula is C24H27N3O5. The zero-order valence-electron chi connectivity index (χ0n) is 18.2. The first-order chi connectivity index (χ1) is 15.4. The molecule has 0 fully saturated rings. The molecule has 1 aromatic heterocycles. The van der Waals surface area contributed by atoms with Gasteiger partial charge in [0.25, 0.3) is 0 Å². The number of nitrogens with zero attached hydrogens (tertiary/aromatic N) is 1. The Balaban J connectivity index is 1.60. The van der Waals surface area contributed by atoms with E-state index in [0.717, 1.165) is 28.1 Å². The third-order valence-corrected chi connectivity index (χ3v) is 4.96. The minimum atomic E-state index is -0.834. The van der Waals surface area contributed by atoms with Crippen LogP contribution in [-0.4, -0.2) is 28.6 Å². The van der Waals surface area contributed by atoms with Gasteiger partial charge < -0.3 is 25.3 Å². The topological polar surface area (TPSA) is 128 Å². The number of hydrogen-bond acceptors (Lipinski definition) is 6. The van der Waals surface area contributed by atoms with Crippen molar-refractivity contribution in [1.29, 1.82) is 0 Å². The molecule has 0 saturated carbocycles. The number of aliphatic carboxylic acids is 1. The Morgan fingerprint density at radius 2 is 1.88 bits per heavy atom. The van der Waals surface area contributed by atoms with Gasteiger partial charge in [-0.3, -0.25) is 9.59 Å². The summed E-state index contributed by atoms with van der Waals surface area (Å²) < 4.78 is 11.7. The van der Waals surface area contributed by atoms with Gasteiger partial charge in [-0.2, -0.15) is 0 Å². The summed E-state index contributed by atoms with van der Waals surface area (Å²) in [6.45, 7) is 4.05. The number of benzene rings is 2. The van der Waals surface area contributed by atoms with Gasteiger partial charge in [-0.1, -0.05) is 6.07 Å². The van der Waals surface area contributed by atoms with Crippen LogP contribution in [-0.2, 0) is 29.0 Å². The number of oxazole rings is 1. The first-order valence-electron chi connectivity index (χ1n) is 10.4. The first kappa shape index (κ1) is 23.0. The summed E-state index contributed by atoms with van der Waals surface area (Å²) in [5.74, 6) is 0.959. The molecule has 8 heteroatoms. The van der Waals surface area contributed by atoms with E-state index in [0.29, 0.717) is 43.3 Å². The molecule has 3 rings (SSSR count). The lowest BCUT2D eigenvalue weighted by molar-refractivity contribution is -0.137. The lowest BCUT2D eigenvalue weighted by atomic mass is 10.0. The van der Waals surface area contributed by atoms with Gasteiger partial charge in [0.15, 0.2) is 0 Å². The predicted octanol–water partition coefficient (Wildman–Crippen LogP) is 3.71. The number of amides is 1. The summed E-state index contributed by atoms with van der Waals surface area (Å²) in [4.78, 5) is 26.5. The lowest BCUT2D eigenvalue weighted by Crippen LogP contribution is -2.07. The lowest BCUT2D eigenvalue weighted by Gasteiger charge is -2.11. The van der Waals surface area contributed by atoms with Gasteiger partial charge >= 0.3 is 5.97 Å². The standard InChI is InChI=1S/C24H27N3O5/c1-15-22(27-24(32-15)18-3-7-20(8-4-18)26-16(2)28)11-12-31-21-9-5-17(6-10-23(29)30)19(13-21)14-25/h3-5,7-9,13H,6,10-12,14,25H2,1-2H3,(H,26,28)(H,29,30). The Bertz CT molecular complexity index is 1090. The monoisotopic (exact) mass is 437 g/mol. The van der Waals surface area contributed by atoms with Crippen molar-refractivity contribution in [3.8, 4) is 17.2 Å². The van der Waals surface area contributed by atoms with Crippen molar-refractivity contribution in [2.45, 2.75) is 39.7 Å². The van der Waals surface area contributed by atoms with Crippen LogP contribution in [0.15, 0.2) is 46.9 Å². The Morgan fingerprint density at radius 1 is 1.12 bits per heavy atom. The van der Waals surface area contributed by atoms with Crippen molar-refractivity contribution in [2.24, 2.45) is 5.73 Å². The summed E-state index contributed by atoms with van der Waals surface area (Å²) in [5.41, 5.74) is 9.95. The number of anilines is 1. The Labute approximate surface area is 186 Å². The van der Waals surface area contributed by atoms with E-state index in [1.807, 2.05) is 37.3 Å². The van der Waals surface area contributed by atoms with E-state index in [2.05, 4.69) is 10.3 Å².